The highest BCUT2D eigenvalue weighted by atomic mass is 35.5. The molecule has 0 atom stereocenters. The Balaban J connectivity index is 1.23. The van der Waals surface area contributed by atoms with E-state index in [1.165, 1.54) is 6.21 Å². The van der Waals surface area contributed by atoms with E-state index >= 15 is 0 Å². The van der Waals surface area contributed by atoms with Crippen LogP contribution < -0.4 is 10.2 Å². The minimum Gasteiger partial charge on any atom is -0.482 e. The highest BCUT2D eigenvalue weighted by Gasteiger charge is 2.12. The second kappa shape index (κ2) is 11.8. The number of hydrazone groups is 1. The van der Waals surface area contributed by atoms with Gasteiger partial charge in [0.2, 0.25) is 0 Å². The number of carbonyl (C=O) groups excluding carboxylic acids is 1. The molecule has 35 heavy (non-hydrogen) atoms. The van der Waals surface area contributed by atoms with Gasteiger partial charge in [-0.2, -0.15) is 5.10 Å². The van der Waals surface area contributed by atoms with Gasteiger partial charge >= 0.3 is 0 Å². The van der Waals surface area contributed by atoms with Crippen LogP contribution in [0.25, 0.3) is 11.3 Å². The zero-order valence-corrected chi connectivity index (χ0v) is 21.3. The van der Waals surface area contributed by atoms with Crippen molar-refractivity contribution in [2.24, 2.45) is 5.10 Å². The van der Waals surface area contributed by atoms with Gasteiger partial charge in [0.15, 0.2) is 6.61 Å². The van der Waals surface area contributed by atoms with Gasteiger partial charge in [0, 0.05) is 15.6 Å². The second-order valence-corrected chi connectivity index (χ2v) is 9.35. The van der Waals surface area contributed by atoms with Crippen LogP contribution >= 0.6 is 58.2 Å². The molecule has 8 nitrogen and oxygen atoms in total. The Kier molecular flexibility index (Phi) is 8.59. The van der Waals surface area contributed by atoms with E-state index in [0.29, 0.717) is 42.9 Å². The Morgan fingerprint density at radius 1 is 1.00 bits per heavy atom. The number of hydrogen-bond acceptors (Lipinski definition) is 8. The number of furan rings is 1. The number of nitrogens with one attached hydrogen (secondary N) is 1. The number of aromatic nitrogens is 2. The van der Waals surface area contributed by atoms with Gasteiger partial charge in [-0.05, 0) is 48.5 Å². The molecule has 0 spiro atoms. The lowest BCUT2D eigenvalue weighted by molar-refractivity contribution is -0.118. The van der Waals surface area contributed by atoms with Crippen molar-refractivity contribution in [1.29, 1.82) is 0 Å². The Labute approximate surface area is 223 Å². The largest absolute Gasteiger partial charge is 0.482 e. The number of halogens is 4. The van der Waals surface area contributed by atoms with Gasteiger partial charge in [0.25, 0.3) is 17.0 Å². The van der Waals surface area contributed by atoms with E-state index < -0.39 is 0 Å². The van der Waals surface area contributed by atoms with Gasteiger partial charge in [-0.3, -0.25) is 4.79 Å². The van der Waals surface area contributed by atoms with Crippen LogP contribution in [0.3, 0.4) is 0 Å². The number of carbonyl (C=O) groups is 1. The van der Waals surface area contributed by atoms with Crippen LogP contribution in [-0.2, 0) is 11.4 Å². The van der Waals surface area contributed by atoms with Crippen LogP contribution in [0.4, 0.5) is 0 Å². The van der Waals surface area contributed by atoms with Crippen molar-refractivity contribution in [3.05, 3.63) is 80.3 Å². The van der Waals surface area contributed by atoms with E-state index in [-0.39, 0.29) is 29.4 Å². The first-order valence-electron chi connectivity index (χ1n) is 9.77. The van der Waals surface area contributed by atoms with Gasteiger partial charge in [-0.15, -0.1) is 10.2 Å². The van der Waals surface area contributed by atoms with Crippen LogP contribution in [0.5, 0.6) is 5.75 Å². The smallest absolute Gasteiger partial charge is 0.277 e. The molecule has 2 aromatic heterocycles. The first kappa shape index (κ1) is 25.4. The Morgan fingerprint density at radius 3 is 2.54 bits per heavy atom. The summed E-state index contributed by atoms with van der Waals surface area (Å²) in [4.78, 5) is 12.0. The van der Waals surface area contributed by atoms with Gasteiger partial charge < -0.3 is 13.6 Å². The molecular weight excluding hydrogens is 558 g/mol. The van der Waals surface area contributed by atoms with Gasteiger partial charge in [-0.25, -0.2) is 5.43 Å². The minimum atomic E-state index is -0.372. The summed E-state index contributed by atoms with van der Waals surface area (Å²) < 4.78 is 16.7. The molecule has 0 saturated heterocycles. The molecule has 4 rings (SSSR count). The van der Waals surface area contributed by atoms with Crippen molar-refractivity contribution in [3.63, 3.8) is 0 Å². The fraction of sp³-hybridized carbons (Fsp3) is 0.0909. The monoisotopic (exact) mass is 570 g/mol. The van der Waals surface area contributed by atoms with Gasteiger partial charge in [-0.1, -0.05) is 58.2 Å². The molecule has 1 amide bonds. The first-order valence-corrected chi connectivity index (χ1v) is 12.3. The SMILES string of the molecule is O=C(CSc1nnc(COc2ccc(Cl)cc2Cl)o1)N/N=C\c1ccc(-c2ccc(Cl)cc2Cl)o1. The molecule has 2 heterocycles. The number of ether oxygens (including phenoxy) is 1. The molecule has 0 saturated carbocycles. The van der Waals surface area contributed by atoms with E-state index in [2.05, 4.69) is 20.7 Å². The van der Waals surface area contributed by atoms with E-state index in [1.54, 1.807) is 48.5 Å². The number of nitrogens with zero attached hydrogens (tertiary/aromatic N) is 3. The summed E-state index contributed by atoms with van der Waals surface area (Å²) in [7, 11) is 0. The van der Waals surface area contributed by atoms with E-state index in [4.69, 9.17) is 60.0 Å². The van der Waals surface area contributed by atoms with Crippen LogP contribution in [0.1, 0.15) is 11.7 Å². The molecule has 4 aromatic rings. The summed E-state index contributed by atoms with van der Waals surface area (Å²) in [6, 6.07) is 13.4. The third kappa shape index (κ3) is 7.16. The summed E-state index contributed by atoms with van der Waals surface area (Å²) in [6.45, 7) is 0.0117. The molecule has 1 N–H and O–H groups in total. The Morgan fingerprint density at radius 2 is 1.77 bits per heavy atom. The van der Waals surface area contributed by atoms with Gasteiger partial charge in [0.05, 0.1) is 22.0 Å². The molecule has 0 aliphatic carbocycles. The van der Waals surface area contributed by atoms with Crippen LogP contribution in [-0.4, -0.2) is 28.1 Å². The predicted octanol–water partition coefficient (Wildman–Crippen LogP) is 6.76. The van der Waals surface area contributed by atoms with Gasteiger partial charge in [0.1, 0.15) is 17.3 Å². The fourth-order valence-electron chi connectivity index (χ4n) is 2.67. The fourth-order valence-corrected chi connectivity index (χ4v) is 4.21. The van der Waals surface area contributed by atoms with Crippen molar-refractivity contribution >= 4 is 70.3 Å². The third-order valence-electron chi connectivity index (χ3n) is 4.22. The normalized spacial score (nSPS) is 11.2. The molecule has 0 radical (unpaired) electrons. The van der Waals surface area contributed by atoms with E-state index in [9.17, 15) is 4.79 Å². The predicted molar refractivity (Wildman–Crippen MR) is 136 cm³/mol. The molecule has 2 aromatic carbocycles. The molecular formula is C22H14Cl4N4O4S. The summed E-state index contributed by atoms with van der Waals surface area (Å²) in [5.41, 5.74) is 3.09. The van der Waals surface area contributed by atoms with Crippen molar-refractivity contribution < 1.29 is 18.4 Å². The van der Waals surface area contributed by atoms with E-state index in [0.717, 1.165) is 11.8 Å². The molecule has 0 aliphatic heterocycles. The highest BCUT2D eigenvalue weighted by Crippen LogP contribution is 2.31. The Bertz CT molecular complexity index is 1380. The Hall–Kier alpha value is -2.69. The molecule has 0 fully saturated rings. The lowest BCUT2D eigenvalue weighted by Crippen LogP contribution is -2.19. The second-order valence-electron chi connectivity index (χ2n) is 6.73. The molecule has 0 bridgehead atoms. The minimum absolute atomic E-state index is 0.00658. The maximum absolute atomic E-state index is 12.0. The van der Waals surface area contributed by atoms with Crippen molar-refractivity contribution in [1.82, 2.24) is 15.6 Å². The maximum Gasteiger partial charge on any atom is 0.277 e. The summed E-state index contributed by atoms with van der Waals surface area (Å²) >= 11 is 25.1. The van der Waals surface area contributed by atoms with Crippen molar-refractivity contribution in [2.75, 3.05) is 5.75 Å². The number of hydrogen-bond donors (Lipinski definition) is 1. The van der Waals surface area contributed by atoms with E-state index in [1.807, 2.05) is 0 Å². The average molecular weight is 572 g/mol. The third-order valence-corrected chi connectivity index (χ3v) is 6.12. The lowest BCUT2D eigenvalue weighted by Gasteiger charge is -2.05. The lowest BCUT2D eigenvalue weighted by atomic mass is 10.2. The summed E-state index contributed by atoms with van der Waals surface area (Å²) in [5.74, 6) is 1.27. The number of rotatable bonds is 9. The molecule has 180 valence electrons. The molecule has 0 aliphatic rings. The topological polar surface area (TPSA) is 103 Å². The van der Waals surface area contributed by atoms with Crippen molar-refractivity contribution in [2.45, 2.75) is 11.8 Å². The summed E-state index contributed by atoms with van der Waals surface area (Å²) in [5, 5.41) is 13.7. The number of amides is 1. The average Bonchev–Trinajstić information content (AvgIpc) is 3.47. The van der Waals surface area contributed by atoms with Crippen LogP contribution in [0.2, 0.25) is 20.1 Å². The standard InChI is InChI=1S/C22H14Cl4N4O4S/c23-12-1-4-15(16(25)7-12)18-6-3-14(33-18)9-27-28-20(31)11-35-22-30-29-21(34-22)10-32-19-5-2-13(24)8-17(19)26/h1-9H,10-11H2,(H,28,31)/b27-9-. The number of thioether (sulfide) groups is 1. The van der Waals surface area contributed by atoms with Crippen molar-refractivity contribution in [3.8, 4) is 17.1 Å². The quantitative estimate of drug-likeness (QED) is 0.134. The van der Waals surface area contributed by atoms with Crippen LogP contribution in [0, 0.1) is 0 Å². The zero-order chi connectivity index (χ0) is 24.8. The molecule has 0 unspecified atom stereocenters. The first-order chi connectivity index (χ1) is 16.9. The maximum atomic E-state index is 12.0. The zero-order valence-electron chi connectivity index (χ0n) is 17.5. The van der Waals surface area contributed by atoms with Crippen LogP contribution in [0.15, 0.2) is 67.7 Å². The highest BCUT2D eigenvalue weighted by molar-refractivity contribution is 7.99. The number of benzene rings is 2. The molecule has 13 heteroatoms. The summed E-state index contributed by atoms with van der Waals surface area (Å²) in [6.07, 6.45) is 1.37.